The summed E-state index contributed by atoms with van der Waals surface area (Å²) in [6, 6.07) is 8.57. The summed E-state index contributed by atoms with van der Waals surface area (Å²) < 4.78 is 19.2. The van der Waals surface area contributed by atoms with Gasteiger partial charge in [0.2, 0.25) is 0 Å². The number of nitrogens with two attached hydrogens (primary N) is 1. The SMILES string of the molecule is CCOc1cccc(C(NN)c2ccncc2F)c1. The van der Waals surface area contributed by atoms with Crippen molar-refractivity contribution in [3.05, 3.63) is 59.7 Å². The van der Waals surface area contributed by atoms with Gasteiger partial charge in [-0.15, -0.1) is 0 Å². The van der Waals surface area contributed by atoms with Crippen molar-refractivity contribution in [2.45, 2.75) is 13.0 Å². The lowest BCUT2D eigenvalue weighted by molar-refractivity contribution is 0.339. The summed E-state index contributed by atoms with van der Waals surface area (Å²) in [5.41, 5.74) is 3.90. The number of nitrogens with one attached hydrogen (secondary N) is 1. The minimum atomic E-state index is -0.441. The van der Waals surface area contributed by atoms with E-state index in [-0.39, 0.29) is 0 Å². The van der Waals surface area contributed by atoms with Crippen LogP contribution in [0.4, 0.5) is 4.39 Å². The fourth-order valence-corrected chi connectivity index (χ4v) is 1.94. The number of hydrazine groups is 1. The largest absolute Gasteiger partial charge is 0.494 e. The van der Waals surface area contributed by atoms with Crippen LogP contribution >= 0.6 is 0 Å². The molecule has 2 aromatic rings. The van der Waals surface area contributed by atoms with Gasteiger partial charge >= 0.3 is 0 Å². The number of nitrogens with zero attached hydrogens (tertiary/aromatic N) is 1. The van der Waals surface area contributed by atoms with E-state index >= 15 is 0 Å². The third kappa shape index (κ3) is 3.07. The zero-order valence-corrected chi connectivity index (χ0v) is 10.6. The fourth-order valence-electron chi connectivity index (χ4n) is 1.94. The van der Waals surface area contributed by atoms with E-state index in [0.717, 1.165) is 11.3 Å². The lowest BCUT2D eigenvalue weighted by Crippen LogP contribution is -2.29. The Hall–Kier alpha value is -1.98. The number of benzene rings is 1. The topological polar surface area (TPSA) is 60.2 Å². The molecule has 0 aliphatic rings. The lowest BCUT2D eigenvalue weighted by atomic mass is 10.00. The minimum absolute atomic E-state index is 0.396. The highest BCUT2D eigenvalue weighted by Gasteiger charge is 2.16. The first-order valence-electron chi connectivity index (χ1n) is 6.04. The summed E-state index contributed by atoms with van der Waals surface area (Å²) >= 11 is 0. The van der Waals surface area contributed by atoms with Crippen molar-refractivity contribution < 1.29 is 9.13 Å². The van der Waals surface area contributed by atoms with Crippen LogP contribution in [0.1, 0.15) is 24.1 Å². The van der Waals surface area contributed by atoms with Crippen LogP contribution in [0.5, 0.6) is 5.75 Å². The van der Waals surface area contributed by atoms with Gasteiger partial charge < -0.3 is 4.74 Å². The minimum Gasteiger partial charge on any atom is -0.494 e. The average Bonchev–Trinajstić information content (AvgIpc) is 2.43. The van der Waals surface area contributed by atoms with Gasteiger partial charge in [0.1, 0.15) is 11.6 Å². The number of hydrogen-bond donors (Lipinski definition) is 2. The zero-order valence-electron chi connectivity index (χ0n) is 10.6. The van der Waals surface area contributed by atoms with Crippen LogP contribution in [0.2, 0.25) is 0 Å². The Bertz CT molecular complexity index is 548. The molecule has 2 rings (SSSR count). The summed E-state index contributed by atoms with van der Waals surface area (Å²) in [4.78, 5) is 3.73. The number of aromatic nitrogens is 1. The molecule has 3 N–H and O–H groups in total. The van der Waals surface area contributed by atoms with E-state index in [1.54, 1.807) is 6.07 Å². The molecule has 1 aromatic carbocycles. The van der Waals surface area contributed by atoms with Crippen LogP contribution in [-0.2, 0) is 0 Å². The molecule has 0 amide bonds. The Labute approximate surface area is 111 Å². The molecule has 0 fully saturated rings. The van der Waals surface area contributed by atoms with Gasteiger partial charge in [-0.3, -0.25) is 10.8 Å². The van der Waals surface area contributed by atoms with Crippen LogP contribution in [0.3, 0.4) is 0 Å². The molecule has 1 heterocycles. The van der Waals surface area contributed by atoms with E-state index in [0.29, 0.717) is 12.2 Å². The Morgan fingerprint density at radius 1 is 1.42 bits per heavy atom. The molecule has 0 aliphatic heterocycles. The zero-order chi connectivity index (χ0) is 13.7. The molecule has 0 radical (unpaired) electrons. The molecule has 19 heavy (non-hydrogen) atoms. The summed E-state index contributed by atoms with van der Waals surface area (Å²) in [5.74, 6) is 5.89. The third-order valence-corrected chi connectivity index (χ3v) is 2.78. The first kappa shape index (κ1) is 13.5. The summed E-state index contributed by atoms with van der Waals surface area (Å²) in [6.07, 6.45) is 2.71. The molecule has 0 spiro atoms. The first-order valence-corrected chi connectivity index (χ1v) is 6.04. The second-order valence-electron chi connectivity index (χ2n) is 4.00. The maximum absolute atomic E-state index is 13.8. The predicted molar refractivity (Wildman–Crippen MR) is 71.0 cm³/mol. The molecular formula is C14H16FN3O. The molecule has 1 atom stereocenters. The monoisotopic (exact) mass is 261 g/mol. The molecule has 1 unspecified atom stereocenters. The van der Waals surface area contributed by atoms with Crippen molar-refractivity contribution in [2.75, 3.05) is 6.61 Å². The van der Waals surface area contributed by atoms with E-state index in [2.05, 4.69) is 10.4 Å². The summed E-state index contributed by atoms with van der Waals surface area (Å²) in [5, 5.41) is 0. The van der Waals surface area contributed by atoms with E-state index in [1.165, 1.54) is 12.4 Å². The van der Waals surface area contributed by atoms with Crippen LogP contribution in [0, 0.1) is 5.82 Å². The highest BCUT2D eigenvalue weighted by Crippen LogP contribution is 2.25. The van der Waals surface area contributed by atoms with Gasteiger partial charge in [0, 0.05) is 11.8 Å². The molecule has 0 saturated heterocycles. The second-order valence-corrected chi connectivity index (χ2v) is 4.00. The maximum Gasteiger partial charge on any atom is 0.146 e. The van der Waals surface area contributed by atoms with E-state index < -0.39 is 11.9 Å². The molecule has 0 aliphatic carbocycles. The maximum atomic E-state index is 13.8. The van der Waals surface area contributed by atoms with Crippen molar-refractivity contribution >= 4 is 0 Å². The molecule has 100 valence electrons. The van der Waals surface area contributed by atoms with Gasteiger partial charge in [0.05, 0.1) is 18.8 Å². The van der Waals surface area contributed by atoms with Crippen LogP contribution in [-0.4, -0.2) is 11.6 Å². The number of pyridine rings is 1. The lowest BCUT2D eigenvalue weighted by Gasteiger charge is -2.18. The van der Waals surface area contributed by atoms with Crippen LogP contribution in [0.25, 0.3) is 0 Å². The van der Waals surface area contributed by atoms with Crippen molar-refractivity contribution in [1.29, 1.82) is 0 Å². The summed E-state index contributed by atoms with van der Waals surface area (Å²) in [6.45, 7) is 2.49. The molecule has 0 bridgehead atoms. The normalized spacial score (nSPS) is 12.2. The number of rotatable bonds is 5. The quantitative estimate of drug-likeness (QED) is 0.639. The molecule has 0 saturated carbocycles. The fraction of sp³-hybridized carbons (Fsp3) is 0.214. The number of ether oxygens (including phenoxy) is 1. The van der Waals surface area contributed by atoms with Gasteiger partial charge in [-0.25, -0.2) is 9.82 Å². The second kappa shape index (κ2) is 6.26. The van der Waals surface area contributed by atoms with Gasteiger partial charge in [-0.05, 0) is 30.7 Å². The number of halogens is 1. The average molecular weight is 261 g/mol. The first-order chi connectivity index (χ1) is 9.26. The smallest absolute Gasteiger partial charge is 0.146 e. The predicted octanol–water partition coefficient (Wildman–Crippen LogP) is 2.17. The van der Waals surface area contributed by atoms with Gasteiger partial charge in [0.15, 0.2) is 0 Å². The Kier molecular flexibility index (Phi) is 4.43. The third-order valence-electron chi connectivity index (χ3n) is 2.78. The molecule has 4 nitrogen and oxygen atoms in total. The molecular weight excluding hydrogens is 245 g/mol. The Morgan fingerprint density at radius 3 is 2.95 bits per heavy atom. The Balaban J connectivity index is 2.37. The highest BCUT2D eigenvalue weighted by molar-refractivity contribution is 5.36. The summed E-state index contributed by atoms with van der Waals surface area (Å²) in [7, 11) is 0. The van der Waals surface area contributed by atoms with Crippen molar-refractivity contribution in [1.82, 2.24) is 10.4 Å². The Morgan fingerprint density at radius 2 is 2.26 bits per heavy atom. The molecule has 5 heteroatoms. The highest BCUT2D eigenvalue weighted by atomic mass is 19.1. The van der Waals surface area contributed by atoms with Gasteiger partial charge in [-0.2, -0.15) is 0 Å². The van der Waals surface area contributed by atoms with Crippen LogP contribution < -0.4 is 16.0 Å². The number of hydrogen-bond acceptors (Lipinski definition) is 4. The standard InChI is InChI=1S/C14H16FN3O/c1-2-19-11-5-3-4-10(8-11)14(18-16)12-6-7-17-9-13(12)15/h3-9,14,18H,2,16H2,1H3. The molecule has 1 aromatic heterocycles. The van der Waals surface area contributed by atoms with E-state index in [4.69, 9.17) is 10.6 Å². The van der Waals surface area contributed by atoms with E-state index in [1.807, 2.05) is 31.2 Å². The van der Waals surface area contributed by atoms with Crippen LogP contribution in [0.15, 0.2) is 42.7 Å². The van der Waals surface area contributed by atoms with Crippen molar-refractivity contribution in [3.63, 3.8) is 0 Å². The van der Waals surface area contributed by atoms with Crippen molar-refractivity contribution in [2.24, 2.45) is 5.84 Å². The van der Waals surface area contributed by atoms with Gasteiger partial charge in [0.25, 0.3) is 0 Å². The van der Waals surface area contributed by atoms with Gasteiger partial charge in [-0.1, -0.05) is 12.1 Å². The van der Waals surface area contributed by atoms with E-state index in [9.17, 15) is 4.39 Å². The van der Waals surface area contributed by atoms with Crippen molar-refractivity contribution in [3.8, 4) is 5.75 Å².